The molecular weight excluding hydrogens is 298 g/mol. The number of aromatic nitrogens is 2. The molecule has 0 amide bonds. The summed E-state index contributed by atoms with van der Waals surface area (Å²) in [6, 6.07) is 6.26. The number of hydrogen-bond acceptors (Lipinski definition) is 3. The van der Waals surface area contributed by atoms with Crippen LogP contribution in [0.1, 0.15) is 35.6 Å². The molecule has 0 radical (unpaired) electrons. The summed E-state index contributed by atoms with van der Waals surface area (Å²) in [6.45, 7) is 8.69. The van der Waals surface area contributed by atoms with E-state index in [4.69, 9.17) is 16.3 Å². The van der Waals surface area contributed by atoms with Crippen LogP contribution in [0.15, 0.2) is 18.2 Å². The first kappa shape index (κ1) is 15.4. The molecule has 1 N–H and O–H groups in total. The van der Waals surface area contributed by atoms with Gasteiger partial charge in [-0.15, -0.1) is 0 Å². The summed E-state index contributed by atoms with van der Waals surface area (Å²) in [7, 11) is 0. The van der Waals surface area contributed by atoms with Gasteiger partial charge in [0.15, 0.2) is 5.15 Å². The molecule has 22 heavy (non-hydrogen) atoms. The van der Waals surface area contributed by atoms with E-state index >= 15 is 0 Å². The van der Waals surface area contributed by atoms with E-state index in [0.717, 1.165) is 36.8 Å². The first-order chi connectivity index (χ1) is 10.6. The van der Waals surface area contributed by atoms with Crippen LogP contribution in [0.25, 0.3) is 0 Å². The molecule has 0 spiro atoms. The standard InChI is InChI=1S/C17H22ClN3O/c1-4-15-20-17(18)16-14(19-7-8-21(15)16)10-22-13-6-5-11(2)12(3)9-13/h5-6,9,14,19H,4,7-8,10H2,1-3H3. The minimum Gasteiger partial charge on any atom is -0.492 e. The second kappa shape index (κ2) is 6.31. The van der Waals surface area contributed by atoms with Gasteiger partial charge in [0.05, 0.1) is 11.7 Å². The lowest BCUT2D eigenvalue weighted by molar-refractivity contribution is 0.246. The van der Waals surface area contributed by atoms with Crippen molar-refractivity contribution in [3.63, 3.8) is 0 Å². The van der Waals surface area contributed by atoms with Gasteiger partial charge in [0.1, 0.15) is 18.2 Å². The zero-order valence-corrected chi connectivity index (χ0v) is 14.1. The fourth-order valence-corrected chi connectivity index (χ4v) is 3.23. The third kappa shape index (κ3) is 2.85. The topological polar surface area (TPSA) is 39.1 Å². The van der Waals surface area contributed by atoms with Crippen LogP contribution in [0.5, 0.6) is 5.75 Å². The van der Waals surface area contributed by atoms with Gasteiger partial charge in [-0.3, -0.25) is 0 Å². The Morgan fingerprint density at radius 3 is 2.91 bits per heavy atom. The lowest BCUT2D eigenvalue weighted by Gasteiger charge is -2.27. The minimum atomic E-state index is 0.0793. The molecule has 1 aromatic heterocycles. The molecule has 118 valence electrons. The fraction of sp³-hybridized carbons (Fsp3) is 0.471. The zero-order chi connectivity index (χ0) is 15.7. The summed E-state index contributed by atoms with van der Waals surface area (Å²) in [4.78, 5) is 4.47. The molecule has 0 fully saturated rings. The summed E-state index contributed by atoms with van der Waals surface area (Å²) >= 11 is 6.34. The van der Waals surface area contributed by atoms with Gasteiger partial charge in [0.25, 0.3) is 0 Å². The van der Waals surface area contributed by atoms with E-state index in [1.165, 1.54) is 11.1 Å². The quantitative estimate of drug-likeness (QED) is 0.938. The van der Waals surface area contributed by atoms with Crippen molar-refractivity contribution < 1.29 is 4.74 Å². The van der Waals surface area contributed by atoms with E-state index in [1.54, 1.807) is 0 Å². The zero-order valence-electron chi connectivity index (χ0n) is 13.3. The largest absolute Gasteiger partial charge is 0.492 e. The van der Waals surface area contributed by atoms with E-state index in [1.807, 2.05) is 6.07 Å². The average Bonchev–Trinajstić information content (AvgIpc) is 2.85. The van der Waals surface area contributed by atoms with Crippen LogP contribution >= 0.6 is 11.6 Å². The summed E-state index contributed by atoms with van der Waals surface area (Å²) < 4.78 is 8.20. The number of imidazole rings is 1. The fourth-order valence-electron chi connectivity index (χ4n) is 2.90. The maximum atomic E-state index is 6.34. The van der Waals surface area contributed by atoms with Crippen molar-refractivity contribution in [1.29, 1.82) is 0 Å². The second-order valence-electron chi connectivity index (χ2n) is 5.77. The molecule has 2 heterocycles. The highest BCUT2D eigenvalue weighted by atomic mass is 35.5. The van der Waals surface area contributed by atoms with Crippen LogP contribution in [-0.2, 0) is 13.0 Å². The Labute approximate surface area is 136 Å². The first-order valence-corrected chi connectivity index (χ1v) is 8.16. The van der Waals surface area contributed by atoms with Crippen LogP contribution < -0.4 is 10.1 Å². The number of aryl methyl sites for hydroxylation is 3. The van der Waals surface area contributed by atoms with E-state index in [9.17, 15) is 0 Å². The van der Waals surface area contributed by atoms with Crippen molar-refractivity contribution in [2.24, 2.45) is 0 Å². The molecule has 1 aliphatic heterocycles. The predicted octanol–water partition coefficient (Wildman–Crippen LogP) is 3.44. The summed E-state index contributed by atoms with van der Waals surface area (Å²) in [6.07, 6.45) is 0.893. The summed E-state index contributed by atoms with van der Waals surface area (Å²) in [5.74, 6) is 1.95. The maximum Gasteiger partial charge on any atom is 0.152 e. The van der Waals surface area contributed by atoms with Crippen molar-refractivity contribution in [2.45, 2.75) is 39.8 Å². The number of fused-ring (bicyclic) bond motifs is 1. The first-order valence-electron chi connectivity index (χ1n) is 7.78. The van der Waals surface area contributed by atoms with E-state index in [2.05, 4.69) is 47.8 Å². The molecule has 5 heteroatoms. The number of nitrogens with zero attached hydrogens (tertiary/aromatic N) is 2. The average molecular weight is 320 g/mol. The number of halogens is 1. The van der Waals surface area contributed by atoms with Gasteiger partial charge in [-0.05, 0) is 37.1 Å². The van der Waals surface area contributed by atoms with Crippen molar-refractivity contribution in [1.82, 2.24) is 14.9 Å². The molecule has 3 rings (SSSR count). The van der Waals surface area contributed by atoms with Crippen LogP contribution in [0.3, 0.4) is 0 Å². The molecule has 1 aliphatic rings. The van der Waals surface area contributed by atoms with E-state index < -0.39 is 0 Å². The molecule has 0 saturated carbocycles. The Hall–Kier alpha value is -1.52. The summed E-state index contributed by atoms with van der Waals surface area (Å²) in [5.41, 5.74) is 3.57. The molecule has 1 atom stereocenters. The SMILES string of the molecule is CCc1nc(Cl)c2n1CCNC2COc1ccc(C)c(C)c1. The predicted molar refractivity (Wildman–Crippen MR) is 88.8 cm³/mol. The smallest absolute Gasteiger partial charge is 0.152 e. The van der Waals surface area contributed by atoms with Crippen molar-refractivity contribution in [2.75, 3.05) is 13.2 Å². The molecule has 0 aliphatic carbocycles. The number of benzene rings is 1. The van der Waals surface area contributed by atoms with Crippen LogP contribution in [0.2, 0.25) is 5.15 Å². The molecule has 0 bridgehead atoms. The van der Waals surface area contributed by atoms with Crippen LogP contribution in [0, 0.1) is 13.8 Å². The van der Waals surface area contributed by atoms with Gasteiger partial charge < -0.3 is 14.6 Å². The Balaban J connectivity index is 1.77. The highest BCUT2D eigenvalue weighted by molar-refractivity contribution is 6.30. The monoisotopic (exact) mass is 319 g/mol. The minimum absolute atomic E-state index is 0.0793. The molecule has 4 nitrogen and oxygen atoms in total. The van der Waals surface area contributed by atoms with Crippen molar-refractivity contribution in [3.05, 3.63) is 46.0 Å². The van der Waals surface area contributed by atoms with Gasteiger partial charge >= 0.3 is 0 Å². The lowest BCUT2D eigenvalue weighted by atomic mass is 10.1. The normalized spacial score (nSPS) is 17.4. The Morgan fingerprint density at radius 1 is 1.36 bits per heavy atom. The van der Waals surface area contributed by atoms with Gasteiger partial charge in [-0.25, -0.2) is 4.98 Å². The Morgan fingerprint density at radius 2 is 2.18 bits per heavy atom. The number of hydrogen-bond donors (Lipinski definition) is 1. The molecule has 1 unspecified atom stereocenters. The molecule has 0 saturated heterocycles. The summed E-state index contributed by atoms with van der Waals surface area (Å²) in [5, 5.41) is 4.07. The van der Waals surface area contributed by atoms with E-state index in [0.29, 0.717) is 11.8 Å². The third-order valence-corrected chi connectivity index (χ3v) is 4.59. The van der Waals surface area contributed by atoms with Gasteiger partial charge in [0, 0.05) is 19.5 Å². The molecular formula is C17H22ClN3O. The number of ether oxygens (including phenoxy) is 1. The van der Waals surface area contributed by atoms with Crippen molar-refractivity contribution >= 4 is 11.6 Å². The molecule has 2 aromatic rings. The third-order valence-electron chi connectivity index (χ3n) is 4.31. The Kier molecular flexibility index (Phi) is 4.41. The second-order valence-corrected chi connectivity index (χ2v) is 6.13. The van der Waals surface area contributed by atoms with Gasteiger partial charge in [-0.1, -0.05) is 24.6 Å². The Bertz CT molecular complexity index is 681. The number of nitrogens with one attached hydrogen (secondary N) is 1. The highest BCUT2D eigenvalue weighted by Crippen LogP contribution is 2.28. The van der Waals surface area contributed by atoms with Crippen LogP contribution in [0.4, 0.5) is 0 Å². The highest BCUT2D eigenvalue weighted by Gasteiger charge is 2.26. The van der Waals surface area contributed by atoms with Crippen LogP contribution in [-0.4, -0.2) is 22.7 Å². The van der Waals surface area contributed by atoms with Gasteiger partial charge in [-0.2, -0.15) is 0 Å². The van der Waals surface area contributed by atoms with Crippen molar-refractivity contribution in [3.8, 4) is 5.75 Å². The lowest BCUT2D eigenvalue weighted by Crippen LogP contribution is -2.37. The maximum absolute atomic E-state index is 6.34. The molecule has 1 aromatic carbocycles. The van der Waals surface area contributed by atoms with Gasteiger partial charge in [0.2, 0.25) is 0 Å². The van der Waals surface area contributed by atoms with E-state index in [-0.39, 0.29) is 6.04 Å². The number of rotatable bonds is 4.